The van der Waals surface area contributed by atoms with E-state index in [0.29, 0.717) is 11.1 Å². The molecule has 0 saturated carbocycles. The molecule has 0 aromatic carbocycles. The standard InChI is InChI=1S/C11H19ClN4/c1-15-10(12)7-14-11(15)8-16-4-2-9(6-13)3-5-16/h7,9H,2-6,8,13H2,1H3. The van der Waals surface area contributed by atoms with Gasteiger partial charge in [0.25, 0.3) is 0 Å². The first-order valence-electron chi connectivity index (χ1n) is 5.79. The van der Waals surface area contributed by atoms with Crippen molar-refractivity contribution in [2.24, 2.45) is 18.7 Å². The molecule has 90 valence electrons. The number of aromatic nitrogens is 2. The minimum Gasteiger partial charge on any atom is -0.330 e. The van der Waals surface area contributed by atoms with Crippen molar-refractivity contribution in [2.75, 3.05) is 19.6 Å². The Hall–Kier alpha value is -0.580. The number of imidazole rings is 1. The number of halogens is 1. The van der Waals surface area contributed by atoms with Crippen LogP contribution in [0.4, 0.5) is 0 Å². The van der Waals surface area contributed by atoms with Crippen LogP contribution < -0.4 is 5.73 Å². The number of likely N-dealkylation sites (tertiary alicyclic amines) is 1. The average Bonchev–Trinajstić information content (AvgIpc) is 2.62. The highest BCUT2D eigenvalue weighted by molar-refractivity contribution is 6.29. The highest BCUT2D eigenvalue weighted by atomic mass is 35.5. The predicted molar refractivity (Wildman–Crippen MR) is 65.3 cm³/mol. The number of nitrogens with two attached hydrogens (primary N) is 1. The van der Waals surface area contributed by atoms with Crippen LogP contribution in [0.15, 0.2) is 6.20 Å². The third-order valence-electron chi connectivity index (χ3n) is 3.43. The Kier molecular flexibility index (Phi) is 3.84. The number of hydrogen-bond acceptors (Lipinski definition) is 3. The van der Waals surface area contributed by atoms with E-state index in [0.717, 1.165) is 32.0 Å². The highest BCUT2D eigenvalue weighted by Gasteiger charge is 2.19. The van der Waals surface area contributed by atoms with Crippen molar-refractivity contribution in [3.63, 3.8) is 0 Å². The van der Waals surface area contributed by atoms with E-state index in [-0.39, 0.29) is 0 Å². The Morgan fingerprint density at radius 3 is 2.69 bits per heavy atom. The molecule has 0 spiro atoms. The SMILES string of the molecule is Cn1c(Cl)cnc1CN1CCC(CN)CC1. The maximum atomic E-state index is 5.96. The lowest BCUT2D eigenvalue weighted by Crippen LogP contribution is -2.36. The molecule has 2 heterocycles. The lowest BCUT2D eigenvalue weighted by Gasteiger charge is -2.30. The molecule has 0 bridgehead atoms. The molecule has 1 aromatic heterocycles. The fourth-order valence-corrected chi connectivity index (χ4v) is 2.30. The largest absolute Gasteiger partial charge is 0.330 e. The van der Waals surface area contributed by atoms with Gasteiger partial charge in [0.1, 0.15) is 11.0 Å². The van der Waals surface area contributed by atoms with Gasteiger partial charge in [-0.25, -0.2) is 4.98 Å². The summed E-state index contributed by atoms with van der Waals surface area (Å²) in [6, 6.07) is 0. The van der Waals surface area contributed by atoms with Crippen LogP contribution >= 0.6 is 11.6 Å². The molecule has 16 heavy (non-hydrogen) atoms. The van der Waals surface area contributed by atoms with Gasteiger partial charge in [-0.1, -0.05) is 11.6 Å². The second-order valence-electron chi connectivity index (χ2n) is 4.51. The van der Waals surface area contributed by atoms with Crippen LogP contribution in [0.3, 0.4) is 0 Å². The van der Waals surface area contributed by atoms with E-state index in [9.17, 15) is 0 Å². The fraction of sp³-hybridized carbons (Fsp3) is 0.727. The number of hydrogen-bond donors (Lipinski definition) is 1. The molecule has 0 unspecified atom stereocenters. The third-order valence-corrected chi connectivity index (χ3v) is 3.78. The van der Waals surface area contributed by atoms with Crippen LogP contribution in [0.5, 0.6) is 0 Å². The molecule has 1 aliphatic heterocycles. The summed E-state index contributed by atoms with van der Waals surface area (Å²) in [5.74, 6) is 1.75. The summed E-state index contributed by atoms with van der Waals surface area (Å²) >= 11 is 5.96. The van der Waals surface area contributed by atoms with Gasteiger partial charge in [-0.05, 0) is 38.4 Å². The van der Waals surface area contributed by atoms with Crippen molar-refractivity contribution < 1.29 is 0 Å². The second-order valence-corrected chi connectivity index (χ2v) is 4.90. The monoisotopic (exact) mass is 242 g/mol. The van der Waals surface area contributed by atoms with Crippen molar-refractivity contribution in [3.8, 4) is 0 Å². The van der Waals surface area contributed by atoms with E-state index in [2.05, 4.69) is 9.88 Å². The van der Waals surface area contributed by atoms with Crippen LogP contribution in [0.1, 0.15) is 18.7 Å². The summed E-state index contributed by atoms with van der Waals surface area (Å²) in [5.41, 5.74) is 5.68. The quantitative estimate of drug-likeness (QED) is 0.868. The summed E-state index contributed by atoms with van der Waals surface area (Å²) < 4.78 is 1.94. The summed E-state index contributed by atoms with van der Waals surface area (Å²) in [6.45, 7) is 3.95. The number of nitrogens with zero attached hydrogens (tertiary/aromatic N) is 3. The minimum absolute atomic E-state index is 0.701. The molecule has 1 fully saturated rings. The fourth-order valence-electron chi connectivity index (χ4n) is 2.15. The van der Waals surface area contributed by atoms with Gasteiger partial charge in [0.2, 0.25) is 0 Å². The first kappa shape index (κ1) is 11.9. The predicted octanol–water partition coefficient (Wildman–Crippen LogP) is 1.24. The lowest BCUT2D eigenvalue weighted by atomic mass is 9.97. The van der Waals surface area contributed by atoms with Gasteiger partial charge in [-0.2, -0.15) is 0 Å². The van der Waals surface area contributed by atoms with Crippen molar-refractivity contribution in [1.82, 2.24) is 14.5 Å². The molecular formula is C11H19ClN4. The molecular weight excluding hydrogens is 224 g/mol. The summed E-state index contributed by atoms with van der Waals surface area (Å²) in [6.07, 6.45) is 4.12. The van der Waals surface area contributed by atoms with Gasteiger partial charge in [0.15, 0.2) is 0 Å². The molecule has 2 N–H and O–H groups in total. The maximum Gasteiger partial charge on any atom is 0.128 e. The molecule has 1 saturated heterocycles. The maximum absolute atomic E-state index is 5.96. The summed E-state index contributed by atoms with van der Waals surface area (Å²) in [7, 11) is 1.96. The first-order valence-corrected chi connectivity index (χ1v) is 6.17. The van der Waals surface area contributed by atoms with E-state index >= 15 is 0 Å². The smallest absolute Gasteiger partial charge is 0.128 e. The van der Waals surface area contributed by atoms with Gasteiger partial charge in [-0.15, -0.1) is 0 Å². The normalized spacial score (nSPS) is 19.2. The highest BCUT2D eigenvalue weighted by Crippen LogP contribution is 2.18. The zero-order valence-corrected chi connectivity index (χ0v) is 10.5. The van der Waals surface area contributed by atoms with Crippen LogP contribution in [-0.4, -0.2) is 34.1 Å². The van der Waals surface area contributed by atoms with Gasteiger partial charge in [-0.3, -0.25) is 4.90 Å². The van der Waals surface area contributed by atoms with Gasteiger partial charge in [0, 0.05) is 7.05 Å². The topological polar surface area (TPSA) is 47.1 Å². The van der Waals surface area contributed by atoms with Crippen molar-refractivity contribution >= 4 is 11.6 Å². The van der Waals surface area contributed by atoms with Crippen LogP contribution in [0.25, 0.3) is 0 Å². The Morgan fingerprint density at radius 2 is 2.19 bits per heavy atom. The molecule has 1 aliphatic rings. The van der Waals surface area contributed by atoms with E-state index in [1.807, 2.05) is 11.6 Å². The average molecular weight is 243 g/mol. The lowest BCUT2D eigenvalue weighted by molar-refractivity contribution is 0.175. The van der Waals surface area contributed by atoms with Crippen molar-refractivity contribution in [1.29, 1.82) is 0 Å². The Morgan fingerprint density at radius 1 is 1.50 bits per heavy atom. The van der Waals surface area contributed by atoms with E-state index in [4.69, 9.17) is 17.3 Å². The van der Waals surface area contributed by atoms with E-state index in [1.165, 1.54) is 12.8 Å². The Labute approximate surface area is 101 Å². The molecule has 0 amide bonds. The van der Waals surface area contributed by atoms with E-state index in [1.54, 1.807) is 6.20 Å². The second kappa shape index (κ2) is 5.17. The Balaban J connectivity index is 1.89. The molecule has 4 nitrogen and oxygen atoms in total. The summed E-state index contributed by atoms with van der Waals surface area (Å²) in [5, 5.41) is 0.701. The van der Waals surface area contributed by atoms with Crippen LogP contribution in [0, 0.1) is 5.92 Å². The van der Waals surface area contributed by atoms with E-state index < -0.39 is 0 Å². The van der Waals surface area contributed by atoms with Crippen molar-refractivity contribution in [3.05, 3.63) is 17.2 Å². The van der Waals surface area contributed by atoms with Crippen molar-refractivity contribution in [2.45, 2.75) is 19.4 Å². The first-order chi connectivity index (χ1) is 7.70. The molecule has 0 aliphatic carbocycles. The molecule has 0 radical (unpaired) electrons. The van der Waals surface area contributed by atoms with Gasteiger partial charge in [0.05, 0.1) is 12.7 Å². The third kappa shape index (κ3) is 2.56. The Bertz CT molecular complexity index is 342. The number of rotatable bonds is 3. The zero-order valence-electron chi connectivity index (χ0n) is 9.69. The molecule has 1 aromatic rings. The minimum atomic E-state index is 0.701. The number of piperidine rings is 1. The molecule has 2 rings (SSSR count). The summed E-state index contributed by atoms with van der Waals surface area (Å²) in [4.78, 5) is 6.73. The molecule has 0 atom stereocenters. The van der Waals surface area contributed by atoms with Gasteiger partial charge >= 0.3 is 0 Å². The van der Waals surface area contributed by atoms with Gasteiger partial charge < -0.3 is 10.3 Å². The van der Waals surface area contributed by atoms with Crippen LogP contribution in [0.2, 0.25) is 5.15 Å². The van der Waals surface area contributed by atoms with Crippen LogP contribution in [-0.2, 0) is 13.6 Å². The zero-order chi connectivity index (χ0) is 11.5. The molecule has 5 heteroatoms.